The Morgan fingerprint density at radius 3 is 2.47 bits per heavy atom. The first kappa shape index (κ1) is 22.3. The molecule has 2 aromatic rings. The van der Waals surface area contributed by atoms with Crippen molar-refractivity contribution in [2.45, 2.75) is 32.6 Å². The molecule has 1 saturated heterocycles. The number of hydrogen-bond donors (Lipinski definition) is 1. The smallest absolute Gasteiger partial charge is 0.262 e. The van der Waals surface area contributed by atoms with Gasteiger partial charge in [0.1, 0.15) is 11.5 Å². The summed E-state index contributed by atoms with van der Waals surface area (Å²) in [7, 11) is 0. The minimum absolute atomic E-state index is 0.0448. The number of rotatable bonds is 10. The number of carbonyl (C=O) groups excluding carboxylic acids is 2. The topological polar surface area (TPSA) is 61.9 Å². The van der Waals surface area contributed by atoms with Crippen molar-refractivity contribution in [1.29, 1.82) is 0 Å². The van der Waals surface area contributed by atoms with E-state index in [2.05, 4.69) is 21.2 Å². The van der Waals surface area contributed by atoms with Crippen LogP contribution in [0, 0.1) is 5.92 Å². The number of Topliss-reactive ketones (excluding diaryl/α,β-unsaturated/α-hetero) is 1. The monoisotopic (exact) mass is 435 g/mol. The van der Waals surface area contributed by atoms with Gasteiger partial charge in [-0.3, -0.25) is 9.69 Å². The summed E-state index contributed by atoms with van der Waals surface area (Å²) in [6.07, 6.45) is 4.07. The SMILES string of the molecule is CC(=O)CCc1ccc(OCC(=O)Nc2cccc(N3CCN(CC4CC4)CC3)c2)cc1. The third kappa shape index (κ3) is 6.82. The van der Waals surface area contributed by atoms with Gasteiger partial charge < -0.3 is 19.7 Å². The largest absolute Gasteiger partial charge is 0.484 e. The molecule has 4 rings (SSSR count). The van der Waals surface area contributed by atoms with E-state index in [1.54, 1.807) is 6.92 Å². The van der Waals surface area contributed by atoms with E-state index in [9.17, 15) is 9.59 Å². The average Bonchev–Trinajstić information content (AvgIpc) is 3.62. The summed E-state index contributed by atoms with van der Waals surface area (Å²) in [4.78, 5) is 28.4. The van der Waals surface area contributed by atoms with E-state index in [-0.39, 0.29) is 18.3 Å². The zero-order valence-corrected chi connectivity index (χ0v) is 18.9. The lowest BCUT2D eigenvalue weighted by Gasteiger charge is -2.36. The van der Waals surface area contributed by atoms with Crippen molar-refractivity contribution >= 4 is 23.1 Å². The van der Waals surface area contributed by atoms with Gasteiger partial charge in [0.2, 0.25) is 0 Å². The Balaban J connectivity index is 1.22. The van der Waals surface area contributed by atoms with E-state index >= 15 is 0 Å². The van der Waals surface area contributed by atoms with E-state index in [1.807, 2.05) is 42.5 Å². The maximum atomic E-state index is 12.4. The van der Waals surface area contributed by atoms with Crippen LogP contribution in [0.2, 0.25) is 0 Å². The Kier molecular flexibility index (Phi) is 7.43. The molecule has 0 aromatic heterocycles. The van der Waals surface area contributed by atoms with Gasteiger partial charge in [0.25, 0.3) is 5.91 Å². The molecular formula is C26H33N3O3. The molecule has 6 heteroatoms. The van der Waals surface area contributed by atoms with Gasteiger partial charge in [0.05, 0.1) is 0 Å². The van der Waals surface area contributed by atoms with Gasteiger partial charge in [-0.25, -0.2) is 0 Å². The van der Waals surface area contributed by atoms with E-state index in [0.717, 1.165) is 55.5 Å². The number of ether oxygens (including phenoxy) is 1. The molecular weight excluding hydrogens is 402 g/mol. The predicted octanol–water partition coefficient (Wildman–Crippen LogP) is 3.76. The minimum Gasteiger partial charge on any atom is -0.484 e. The van der Waals surface area contributed by atoms with E-state index in [0.29, 0.717) is 12.2 Å². The lowest BCUT2D eigenvalue weighted by Crippen LogP contribution is -2.47. The van der Waals surface area contributed by atoms with Crippen LogP contribution < -0.4 is 15.0 Å². The Hall–Kier alpha value is -2.86. The molecule has 0 unspecified atom stereocenters. The van der Waals surface area contributed by atoms with Crippen LogP contribution in [0.5, 0.6) is 5.75 Å². The first-order valence-corrected chi connectivity index (χ1v) is 11.6. The number of nitrogens with zero attached hydrogens (tertiary/aromatic N) is 2. The maximum Gasteiger partial charge on any atom is 0.262 e. The molecule has 1 amide bonds. The zero-order valence-electron chi connectivity index (χ0n) is 18.9. The predicted molar refractivity (Wildman–Crippen MR) is 127 cm³/mol. The Morgan fingerprint density at radius 1 is 1.03 bits per heavy atom. The van der Waals surface area contributed by atoms with Crippen LogP contribution in [-0.2, 0) is 16.0 Å². The zero-order chi connectivity index (χ0) is 22.3. The average molecular weight is 436 g/mol. The van der Waals surface area contributed by atoms with Crippen LogP contribution in [0.25, 0.3) is 0 Å². The second kappa shape index (κ2) is 10.6. The van der Waals surface area contributed by atoms with Crippen LogP contribution in [-0.4, -0.2) is 55.9 Å². The van der Waals surface area contributed by atoms with Gasteiger partial charge in [0.15, 0.2) is 6.61 Å². The standard InChI is InChI=1S/C26H33N3O3/c1-20(30)5-6-21-9-11-25(12-10-21)32-19-26(31)27-23-3-2-4-24(17-23)29-15-13-28(14-16-29)18-22-7-8-22/h2-4,9-12,17,22H,5-8,13-16,18-19H2,1H3,(H,27,31). The molecule has 0 atom stereocenters. The summed E-state index contributed by atoms with van der Waals surface area (Å²) < 4.78 is 5.62. The number of anilines is 2. The number of carbonyl (C=O) groups is 2. The molecule has 1 saturated carbocycles. The van der Waals surface area contributed by atoms with Crippen LogP contribution in [0.4, 0.5) is 11.4 Å². The molecule has 0 radical (unpaired) electrons. The fraction of sp³-hybridized carbons (Fsp3) is 0.462. The van der Waals surface area contributed by atoms with E-state index in [4.69, 9.17) is 4.74 Å². The third-order valence-corrected chi connectivity index (χ3v) is 6.14. The summed E-state index contributed by atoms with van der Waals surface area (Å²) in [5.41, 5.74) is 3.02. The van der Waals surface area contributed by atoms with E-state index < -0.39 is 0 Å². The number of ketones is 1. The number of aryl methyl sites for hydroxylation is 1. The van der Waals surface area contributed by atoms with Crippen LogP contribution >= 0.6 is 0 Å². The third-order valence-electron chi connectivity index (χ3n) is 6.14. The van der Waals surface area contributed by atoms with Crippen molar-refractivity contribution in [3.8, 4) is 5.75 Å². The van der Waals surface area contributed by atoms with Crippen molar-refractivity contribution in [3.63, 3.8) is 0 Å². The fourth-order valence-electron chi connectivity index (χ4n) is 4.05. The lowest BCUT2D eigenvalue weighted by molar-refractivity contribution is -0.118. The van der Waals surface area contributed by atoms with Gasteiger partial charge in [0, 0.05) is 50.5 Å². The molecule has 2 aromatic carbocycles. The Bertz CT molecular complexity index is 916. The molecule has 6 nitrogen and oxygen atoms in total. The summed E-state index contributed by atoms with van der Waals surface area (Å²) in [5, 5.41) is 2.94. The second-order valence-corrected chi connectivity index (χ2v) is 8.96. The molecule has 1 aliphatic carbocycles. The number of hydrogen-bond acceptors (Lipinski definition) is 5. The Labute approximate surface area is 190 Å². The highest BCUT2D eigenvalue weighted by molar-refractivity contribution is 5.92. The molecule has 1 heterocycles. The quantitative estimate of drug-likeness (QED) is 0.616. The lowest BCUT2D eigenvalue weighted by atomic mass is 10.1. The van der Waals surface area contributed by atoms with Crippen molar-refractivity contribution in [2.75, 3.05) is 49.5 Å². The van der Waals surface area contributed by atoms with E-state index in [1.165, 1.54) is 19.4 Å². The highest BCUT2D eigenvalue weighted by Crippen LogP contribution is 2.30. The van der Waals surface area contributed by atoms with Gasteiger partial charge >= 0.3 is 0 Å². The molecule has 2 fully saturated rings. The van der Waals surface area contributed by atoms with Crippen LogP contribution in [0.1, 0.15) is 31.7 Å². The Morgan fingerprint density at radius 2 is 1.78 bits per heavy atom. The van der Waals surface area contributed by atoms with Gasteiger partial charge in [-0.05, 0) is 68.0 Å². The normalized spacial score (nSPS) is 16.6. The molecule has 170 valence electrons. The first-order chi connectivity index (χ1) is 15.5. The number of amides is 1. The van der Waals surface area contributed by atoms with Gasteiger partial charge in [-0.2, -0.15) is 0 Å². The van der Waals surface area contributed by atoms with Crippen molar-refractivity contribution in [2.24, 2.45) is 5.92 Å². The summed E-state index contributed by atoms with van der Waals surface area (Å²) in [6, 6.07) is 15.6. The minimum atomic E-state index is -0.183. The second-order valence-electron chi connectivity index (χ2n) is 8.96. The molecule has 1 N–H and O–H groups in total. The molecule has 0 spiro atoms. The first-order valence-electron chi connectivity index (χ1n) is 11.6. The maximum absolute atomic E-state index is 12.4. The highest BCUT2D eigenvalue weighted by Gasteiger charge is 2.26. The molecule has 32 heavy (non-hydrogen) atoms. The van der Waals surface area contributed by atoms with Crippen LogP contribution in [0.3, 0.4) is 0 Å². The fourth-order valence-corrected chi connectivity index (χ4v) is 4.05. The van der Waals surface area contributed by atoms with Crippen molar-refractivity contribution in [1.82, 2.24) is 4.90 Å². The van der Waals surface area contributed by atoms with Gasteiger partial charge in [-0.15, -0.1) is 0 Å². The summed E-state index contributed by atoms with van der Waals surface area (Å²) in [5.74, 6) is 1.58. The molecule has 2 aliphatic rings. The van der Waals surface area contributed by atoms with Crippen molar-refractivity contribution < 1.29 is 14.3 Å². The highest BCUT2D eigenvalue weighted by atomic mass is 16.5. The summed E-state index contributed by atoms with van der Waals surface area (Å²) >= 11 is 0. The number of nitrogens with one attached hydrogen (secondary N) is 1. The summed E-state index contributed by atoms with van der Waals surface area (Å²) in [6.45, 7) is 7.07. The van der Waals surface area contributed by atoms with Gasteiger partial charge in [-0.1, -0.05) is 18.2 Å². The molecule has 0 bridgehead atoms. The van der Waals surface area contributed by atoms with Crippen LogP contribution in [0.15, 0.2) is 48.5 Å². The molecule has 1 aliphatic heterocycles. The number of benzene rings is 2. The number of piperazine rings is 1. The van der Waals surface area contributed by atoms with Crippen molar-refractivity contribution in [3.05, 3.63) is 54.1 Å².